The Hall–Kier alpha value is -1.44. The van der Waals surface area contributed by atoms with E-state index >= 15 is 0 Å². The molecule has 1 nitrogen and oxygen atoms in total. The molecule has 1 aromatic rings. The molecule has 0 bridgehead atoms. The molecule has 0 aromatic heterocycles. The fourth-order valence-corrected chi connectivity index (χ4v) is 1.69. The zero-order chi connectivity index (χ0) is 10.1. The maximum absolute atomic E-state index is 13.4. The lowest BCUT2D eigenvalue weighted by Crippen LogP contribution is -1.88. The van der Waals surface area contributed by atoms with E-state index in [1.54, 1.807) is 18.2 Å². The summed E-state index contributed by atoms with van der Waals surface area (Å²) in [7, 11) is 0. The lowest BCUT2D eigenvalue weighted by Gasteiger charge is -2.04. The van der Waals surface area contributed by atoms with E-state index in [4.69, 9.17) is 0 Å². The van der Waals surface area contributed by atoms with Gasteiger partial charge in [-0.05, 0) is 37.1 Å². The average Bonchev–Trinajstić information content (AvgIpc) is 2.56. The summed E-state index contributed by atoms with van der Waals surface area (Å²) in [4.78, 5) is 11.0. The van der Waals surface area contributed by atoms with Crippen LogP contribution in [-0.4, -0.2) is 5.78 Å². The van der Waals surface area contributed by atoms with Crippen LogP contribution < -0.4 is 0 Å². The van der Waals surface area contributed by atoms with Crippen molar-refractivity contribution in [1.29, 1.82) is 0 Å². The van der Waals surface area contributed by atoms with Crippen LogP contribution in [0.5, 0.6) is 0 Å². The van der Waals surface area contributed by atoms with E-state index in [1.807, 2.05) is 6.92 Å². The molecule has 0 atom stereocenters. The molecule has 0 aliphatic heterocycles. The molecule has 2 heteroatoms. The van der Waals surface area contributed by atoms with Gasteiger partial charge in [0.1, 0.15) is 5.82 Å². The van der Waals surface area contributed by atoms with Crippen LogP contribution >= 0.6 is 0 Å². The van der Waals surface area contributed by atoms with Crippen LogP contribution in [0.2, 0.25) is 0 Å². The molecule has 0 amide bonds. The van der Waals surface area contributed by atoms with Crippen LogP contribution in [0.15, 0.2) is 24.3 Å². The summed E-state index contributed by atoms with van der Waals surface area (Å²) in [6, 6.07) is 4.98. The number of carbonyl (C=O) groups excluding carboxylic acids is 1. The minimum absolute atomic E-state index is 0.0981. The van der Waals surface area contributed by atoms with E-state index in [-0.39, 0.29) is 11.6 Å². The molecular weight excluding hydrogens is 179 g/mol. The van der Waals surface area contributed by atoms with Gasteiger partial charge in [-0.2, -0.15) is 0 Å². The van der Waals surface area contributed by atoms with E-state index in [9.17, 15) is 9.18 Å². The van der Waals surface area contributed by atoms with Gasteiger partial charge in [-0.3, -0.25) is 4.79 Å². The molecule has 0 radical (unpaired) electrons. The highest BCUT2D eigenvalue weighted by atomic mass is 19.1. The van der Waals surface area contributed by atoms with Gasteiger partial charge in [0.15, 0.2) is 5.78 Å². The van der Waals surface area contributed by atoms with Crippen LogP contribution in [0.4, 0.5) is 4.39 Å². The second-order valence-electron chi connectivity index (χ2n) is 3.62. The fourth-order valence-electron chi connectivity index (χ4n) is 1.69. The Morgan fingerprint density at radius 3 is 2.71 bits per heavy atom. The Kier molecular flexibility index (Phi) is 2.20. The molecule has 0 N–H and O–H groups in total. The standard InChI is InChI=1S/C12H11FO/c1-8-2-5-12(13)11(6-8)9-3-4-10(14)7-9/h2,5-7H,3-4H2,1H3. The van der Waals surface area contributed by atoms with Crippen molar-refractivity contribution in [2.45, 2.75) is 19.8 Å². The Morgan fingerprint density at radius 2 is 2.07 bits per heavy atom. The molecule has 0 spiro atoms. The van der Waals surface area contributed by atoms with Crippen molar-refractivity contribution >= 4 is 11.4 Å². The maximum Gasteiger partial charge on any atom is 0.156 e. The Balaban J connectivity index is 2.46. The lowest BCUT2D eigenvalue weighted by molar-refractivity contribution is -0.114. The summed E-state index contributed by atoms with van der Waals surface area (Å²) in [6.07, 6.45) is 2.74. The highest BCUT2D eigenvalue weighted by Crippen LogP contribution is 2.28. The van der Waals surface area contributed by atoms with Crippen LogP contribution in [0, 0.1) is 12.7 Å². The normalized spacial score (nSPS) is 15.9. The number of rotatable bonds is 1. The van der Waals surface area contributed by atoms with Crippen LogP contribution in [0.1, 0.15) is 24.0 Å². The Bertz CT molecular complexity index is 418. The van der Waals surface area contributed by atoms with E-state index < -0.39 is 0 Å². The van der Waals surface area contributed by atoms with Crippen LogP contribution in [0.25, 0.3) is 5.57 Å². The summed E-state index contributed by atoms with van der Waals surface area (Å²) < 4.78 is 13.4. The van der Waals surface area contributed by atoms with Crippen LogP contribution in [-0.2, 0) is 4.79 Å². The molecule has 1 aliphatic rings. The third-order valence-electron chi connectivity index (χ3n) is 2.44. The molecule has 72 valence electrons. The van der Waals surface area contributed by atoms with Crippen molar-refractivity contribution in [2.24, 2.45) is 0 Å². The van der Waals surface area contributed by atoms with Crippen molar-refractivity contribution in [2.75, 3.05) is 0 Å². The molecular formula is C12H11FO. The Morgan fingerprint density at radius 1 is 1.29 bits per heavy atom. The first-order valence-corrected chi connectivity index (χ1v) is 4.67. The van der Waals surface area contributed by atoms with Gasteiger partial charge in [0, 0.05) is 12.0 Å². The predicted octanol–water partition coefficient (Wildman–Crippen LogP) is 2.88. The van der Waals surface area contributed by atoms with Gasteiger partial charge >= 0.3 is 0 Å². The second kappa shape index (κ2) is 3.37. The van der Waals surface area contributed by atoms with Crippen molar-refractivity contribution in [3.8, 4) is 0 Å². The number of hydrogen-bond donors (Lipinski definition) is 0. The van der Waals surface area contributed by atoms with Crippen LogP contribution in [0.3, 0.4) is 0 Å². The van der Waals surface area contributed by atoms with Gasteiger partial charge in [0.2, 0.25) is 0 Å². The number of aryl methyl sites for hydroxylation is 1. The van der Waals surface area contributed by atoms with Crippen molar-refractivity contribution in [3.05, 3.63) is 41.2 Å². The smallest absolute Gasteiger partial charge is 0.156 e. The molecule has 0 heterocycles. The molecule has 2 rings (SSSR count). The van der Waals surface area contributed by atoms with E-state index in [1.165, 1.54) is 6.07 Å². The molecule has 1 aromatic carbocycles. The fraction of sp³-hybridized carbons (Fsp3) is 0.250. The van der Waals surface area contributed by atoms with E-state index in [2.05, 4.69) is 0 Å². The first-order chi connectivity index (χ1) is 6.66. The van der Waals surface area contributed by atoms with Gasteiger partial charge in [-0.25, -0.2) is 4.39 Å². The molecule has 0 saturated heterocycles. The monoisotopic (exact) mass is 190 g/mol. The zero-order valence-electron chi connectivity index (χ0n) is 8.01. The van der Waals surface area contributed by atoms with Gasteiger partial charge in [-0.1, -0.05) is 11.6 Å². The first-order valence-electron chi connectivity index (χ1n) is 4.67. The zero-order valence-corrected chi connectivity index (χ0v) is 8.01. The molecule has 0 fully saturated rings. The topological polar surface area (TPSA) is 17.1 Å². The molecule has 0 saturated carbocycles. The quantitative estimate of drug-likeness (QED) is 0.665. The third kappa shape index (κ3) is 1.60. The summed E-state index contributed by atoms with van der Waals surface area (Å²) in [5.74, 6) is -0.141. The van der Waals surface area contributed by atoms with Crippen molar-refractivity contribution in [1.82, 2.24) is 0 Å². The number of ketones is 1. The highest BCUT2D eigenvalue weighted by Gasteiger charge is 2.16. The molecule has 0 unspecified atom stereocenters. The number of carbonyl (C=O) groups is 1. The summed E-state index contributed by atoms with van der Waals surface area (Å²) in [5, 5.41) is 0. The summed E-state index contributed by atoms with van der Waals surface area (Å²) in [5.41, 5.74) is 2.42. The molecule has 14 heavy (non-hydrogen) atoms. The second-order valence-corrected chi connectivity index (χ2v) is 3.62. The lowest BCUT2D eigenvalue weighted by atomic mass is 10.0. The third-order valence-corrected chi connectivity index (χ3v) is 2.44. The maximum atomic E-state index is 13.4. The number of halogens is 1. The van der Waals surface area contributed by atoms with Gasteiger partial charge in [-0.15, -0.1) is 0 Å². The minimum atomic E-state index is -0.239. The SMILES string of the molecule is Cc1ccc(F)c(C2=CC(=O)CC2)c1. The van der Waals surface area contributed by atoms with Gasteiger partial charge < -0.3 is 0 Å². The largest absolute Gasteiger partial charge is 0.295 e. The van der Waals surface area contributed by atoms with E-state index in [0.717, 1.165) is 11.1 Å². The number of allylic oxidation sites excluding steroid dienone is 2. The summed E-state index contributed by atoms with van der Waals surface area (Å²) in [6.45, 7) is 1.92. The van der Waals surface area contributed by atoms with Crippen molar-refractivity contribution in [3.63, 3.8) is 0 Å². The highest BCUT2D eigenvalue weighted by molar-refractivity contribution is 6.01. The Labute approximate surface area is 82.3 Å². The van der Waals surface area contributed by atoms with E-state index in [0.29, 0.717) is 18.4 Å². The van der Waals surface area contributed by atoms with Gasteiger partial charge in [0.25, 0.3) is 0 Å². The minimum Gasteiger partial charge on any atom is -0.295 e. The average molecular weight is 190 g/mol. The molecule has 1 aliphatic carbocycles. The predicted molar refractivity (Wildman–Crippen MR) is 53.4 cm³/mol. The number of hydrogen-bond acceptors (Lipinski definition) is 1. The van der Waals surface area contributed by atoms with Gasteiger partial charge in [0.05, 0.1) is 0 Å². The summed E-state index contributed by atoms with van der Waals surface area (Å²) >= 11 is 0. The van der Waals surface area contributed by atoms with Crippen molar-refractivity contribution < 1.29 is 9.18 Å². The first kappa shape index (κ1) is 9.13. The number of benzene rings is 1.